The molecule has 0 fully saturated rings. The Hall–Kier alpha value is -19.0. The highest BCUT2D eigenvalue weighted by molar-refractivity contribution is 6.15. The Morgan fingerprint density at radius 2 is 0.276 bits per heavy atom. The number of fused-ring (bicyclic) bond motifs is 15. The summed E-state index contributed by atoms with van der Waals surface area (Å²) in [6, 6.07) is 197. The number of para-hydroxylation sites is 12. The molecule has 0 saturated heterocycles. The largest absolute Gasteiger partial charge is 0.345 e. The molecule has 0 spiro atoms. The van der Waals surface area contributed by atoms with E-state index in [1.54, 1.807) is 0 Å². The van der Waals surface area contributed by atoms with Crippen molar-refractivity contribution in [2.45, 2.75) is 0 Å². The van der Waals surface area contributed by atoms with Gasteiger partial charge in [-0.05, 0) is 275 Å². The summed E-state index contributed by atoms with van der Waals surface area (Å²) in [4.78, 5) is 8.89. The van der Waals surface area contributed by atoms with Crippen molar-refractivity contribution in [2.24, 2.45) is 0 Å². The molecule has 0 aliphatic rings. The highest BCUT2D eigenvalue weighted by Crippen LogP contribution is 2.44. The second-order valence-corrected chi connectivity index (χ2v) is 37.0. The fourth-order valence-corrected chi connectivity index (χ4v) is 21.1. The summed E-state index contributed by atoms with van der Waals surface area (Å²) in [6.45, 7) is 0. The summed E-state index contributed by atoms with van der Waals surface area (Å²) >= 11 is 0. The van der Waals surface area contributed by atoms with Gasteiger partial charge in [-0.15, -0.1) is 0 Å². The summed E-state index contributed by atoms with van der Waals surface area (Å²) in [7, 11) is 8.46. The van der Waals surface area contributed by atoms with Gasteiger partial charge in [-0.2, -0.15) is 0 Å². The van der Waals surface area contributed by atoms with E-state index >= 15 is 0 Å². The first kappa shape index (κ1) is 88.7. The van der Waals surface area contributed by atoms with Crippen LogP contribution in [-0.4, -0.2) is 51.0 Å². The minimum absolute atomic E-state index is 1.15. The highest BCUT2D eigenvalue weighted by Gasteiger charge is 2.22. The Balaban J connectivity index is 0.000000104. The van der Waals surface area contributed by atoms with Gasteiger partial charge in [-0.25, -0.2) is 0 Å². The average molecular weight is 1860 g/mol. The summed E-state index contributed by atoms with van der Waals surface area (Å²) in [6.07, 6.45) is 0. The molecule has 0 amide bonds. The summed E-state index contributed by atoms with van der Waals surface area (Å²) in [5.74, 6) is 0. The van der Waals surface area contributed by atoms with Gasteiger partial charge >= 0.3 is 0 Å². The second-order valence-electron chi connectivity index (χ2n) is 37.0. The number of hydrogen-bond donors (Lipinski definition) is 0. The Morgan fingerprint density at radius 3 is 0.552 bits per heavy atom. The van der Waals surface area contributed by atoms with E-state index < -0.39 is 0 Å². The maximum absolute atomic E-state index is 2.37. The molecule has 0 aliphatic carbocycles. The van der Waals surface area contributed by atoms with Crippen LogP contribution >= 0.6 is 0 Å². The van der Waals surface area contributed by atoms with Crippen LogP contribution in [0.25, 0.3) is 182 Å². The van der Waals surface area contributed by atoms with Gasteiger partial charge in [0, 0.05) is 156 Å². The Morgan fingerprint density at radius 1 is 0.110 bits per heavy atom. The van der Waals surface area contributed by atoms with Crippen molar-refractivity contribution in [3.8, 4) is 72.9 Å². The molecule has 5 aromatic heterocycles. The van der Waals surface area contributed by atoms with Gasteiger partial charge in [0.1, 0.15) is 0 Å². The van der Waals surface area contributed by atoms with Gasteiger partial charge in [0.2, 0.25) is 0 Å². The van der Waals surface area contributed by atoms with Crippen LogP contribution in [0, 0.1) is 0 Å². The second kappa shape index (κ2) is 39.0. The van der Waals surface area contributed by atoms with Crippen LogP contribution in [0.3, 0.4) is 0 Å². The summed E-state index contributed by atoms with van der Waals surface area (Å²) in [5, 5.41) is 12.8. The van der Waals surface area contributed by atoms with E-state index in [0.717, 1.165) is 34.1 Å². The van der Waals surface area contributed by atoms with Crippen LogP contribution in [0.5, 0.6) is 0 Å². The minimum Gasteiger partial charge on any atom is -0.345 e. The molecule has 0 aliphatic heterocycles. The topological polar surface area (TPSA) is 37.6 Å². The van der Waals surface area contributed by atoms with Crippen LogP contribution in [-0.2, 0) is 0 Å². The zero-order valence-corrected chi connectivity index (χ0v) is 81.1. The number of benzene rings is 22. The van der Waals surface area contributed by atoms with E-state index in [0.29, 0.717) is 0 Å². The van der Waals surface area contributed by atoms with E-state index in [2.05, 4.69) is 611 Å². The third-order valence-corrected chi connectivity index (χ3v) is 28.6. The van der Waals surface area contributed by atoms with Crippen LogP contribution in [0.1, 0.15) is 0 Å². The van der Waals surface area contributed by atoms with Crippen molar-refractivity contribution >= 4 is 155 Å². The molecule has 5 heterocycles. The summed E-state index contributed by atoms with van der Waals surface area (Å²) < 4.78 is 11.8. The van der Waals surface area contributed by atoms with Gasteiger partial charge in [-0.3, -0.25) is 0 Å². The molecule has 0 saturated carbocycles. The molecular formula is C136H103N9. The van der Waals surface area contributed by atoms with E-state index in [9.17, 15) is 0 Å². The number of hydrogen-bond acceptors (Lipinski definition) is 4. The lowest BCUT2D eigenvalue weighted by molar-refractivity contribution is 1.15. The predicted molar refractivity (Wildman–Crippen MR) is 617 cm³/mol. The standard InChI is InChI=1S/C37H27N3.C37H28N2.2C31H24N2/c1-38(26-18-22-28(23-19-26)39-34-14-6-2-10-30(34)31-11-3-7-15-35(31)39)27-20-24-29(25-21-27)40-36-16-8-4-12-32(36)33-13-5-9-17-37(33)40;1-38(31-21-16-28(17-22-31)27-10-4-2-5-11-27)32-23-18-29(19-24-32)30-20-25-37-35(26-30)34-14-8-9-15-36(34)39(37)33-12-6-3-7-13-33;1-32(25-10-4-2-5-11-25)26-19-16-23(17-20-26)24-18-21-31-29(22-24)28-14-8-9-15-30(28)33(31)27-12-6-3-7-13-27;1-32(25-10-4-2-5-11-25)26-19-16-23(17-20-26)24-18-21-29-28-14-8-9-15-30(28)33(31(29)22-24)27-12-6-3-7-13-27/h2-25H,1H3;2-26H,1H3;2*2-22H,1H3. The molecule has 0 atom stereocenters. The van der Waals surface area contributed by atoms with Crippen molar-refractivity contribution in [3.05, 3.63) is 552 Å². The average Bonchev–Trinajstić information content (AvgIpc) is 1.67. The molecule has 9 heteroatoms. The number of rotatable bonds is 17. The Bertz CT molecular complexity index is 9030. The first-order chi connectivity index (χ1) is 71.6. The van der Waals surface area contributed by atoms with Crippen LogP contribution in [0.2, 0.25) is 0 Å². The van der Waals surface area contributed by atoms with Gasteiger partial charge < -0.3 is 42.4 Å². The quantitative estimate of drug-likeness (QED) is 0.0911. The van der Waals surface area contributed by atoms with Crippen LogP contribution in [0.15, 0.2) is 552 Å². The molecule has 9 nitrogen and oxygen atoms in total. The van der Waals surface area contributed by atoms with Crippen molar-refractivity contribution in [2.75, 3.05) is 47.8 Å². The normalized spacial score (nSPS) is 11.3. The fraction of sp³-hybridized carbons (Fsp3) is 0.0294. The van der Waals surface area contributed by atoms with Crippen LogP contribution < -0.4 is 19.6 Å². The molecule has 0 N–H and O–H groups in total. The lowest BCUT2D eigenvalue weighted by atomic mass is 10.0. The minimum atomic E-state index is 1.15. The van der Waals surface area contributed by atoms with Crippen LogP contribution in [0.4, 0.5) is 45.5 Å². The molecule has 0 unspecified atom stereocenters. The maximum Gasteiger partial charge on any atom is 0.0547 e. The van der Waals surface area contributed by atoms with E-state index in [4.69, 9.17) is 0 Å². The molecular weight excluding hydrogens is 1760 g/mol. The van der Waals surface area contributed by atoms with Crippen molar-refractivity contribution < 1.29 is 0 Å². The first-order valence-electron chi connectivity index (χ1n) is 49.6. The van der Waals surface area contributed by atoms with Gasteiger partial charge in [0.15, 0.2) is 0 Å². The summed E-state index contributed by atoms with van der Waals surface area (Å²) in [5.41, 5.74) is 37.3. The van der Waals surface area contributed by atoms with Gasteiger partial charge in [0.25, 0.3) is 0 Å². The lowest BCUT2D eigenvalue weighted by Gasteiger charge is -2.21. The molecule has 0 bridgehead atoms. The molecule has 27 rings (SSSR count). The Kier molecular flexibility index (Phi) is 23.9. The number of anilines is 8. The zero-order valence-electron chi connectivity index (χ0n) is 81.1. The van der Waals surface area contributed by atoms with Gasteiger partial charge in [0.05, 0.1) is 55.2 Å². The fourth-order valence-electron chi connectivity index (χ4n) is 21.1. The maximum atomic E-state index is 2.37. The van der Waals surface area contributed by atoms with E-state index in [1.807, 2.05) is 12.1 Å². The smallest absolute Gasteiger partial charge is 0.0547 e. The number of nitrogens with zero attached hydrogens (tertiary/aromatic N) is 9. The SMILES string of the molecule is CN(c1ccc(-c2ccccc2)cc1)c1ccc(-c2ccc3c(c2)c2ccccc2n3-c2ccccc2)cc1.CN(c1ccc(-n2c3ccccc3c3ccccc32)cc1)c1ccc(-n2c3ccccc3c3ccccc32)cc1.CN(c1ccccc1)c1ccc(-c2ccc3c(c2)c2ccccc2n3-c2ccccc2)cc1.CN(c1ccccc1)c1ccc(-c2ccc3c4ccccc4n(-c4ccccc4)c3c2)cc1. The molecule has 27 aromatic rings. The van der Waals surface area contributed by atoms with E-state index in [-0.39, 0.29) is 0 Å². The molecule has 22 aromatic carbocycles. The highest BCUT2D eigenvalue weighted by atomic mass is 15.1. The van der Waals surface area contributed by atoms with Gasteiger partial charge in [-0.1, -0.05) is 322 Å². The Labute approximate surface area is 844 Å². The van der Waals surface area contributed by atoms with Crippen molar-refractivity contribution in [3.63, 3.8) is 0 Å². The molecule has 145 heavy (non-hydrogen) atoms. The third-order valence-electron chi connectivity index (χ3n) is 28.6. The third kappa shape index (κ3) is 17.1. The van der Waals surface area contributed by atoms with Crippen molar-refractivity contribution in [1.29, 1.82) is 0 Å². The zero-order chi connectivity index (χ0) is 97.2. The van der Waals surface area contributed by atoms with E-state index in [1.165, 1.54) is 193 Å². The predicted octanol–water partition coefficient (Wildman–Crippen LogP) is 36.0. The van der Waals surface area contributed by atoms with Crippen molar-refractivity contribution in [1.82, 2.24) is 22.8 Å². The number of aromatic nitrogens is 5. The first-order valence-corrected chi connectivity index (χ1v) is 49.6. The molecule has 0 radical (unpaired) electrons. The molecule has 692 valence electrons. The lowest BCUT2D eigenvalue weighted by Crippen LogP contribution is -2.09. The monoisotopic (exact) mass is 1860 g/mol.